The summed E-state index contributed by atoms with van der Waals surface area (Å²) in [4.78, 5) is 10.8. The molecule has 0 fully saturated rings. The van der Waals surface area contributed by atoms with Crippen LogP contribution in [-0.4, -0.2) is 12.6 Å². The number of carbonyl (C=O) groups is 1. The Morgan fingerprint density at radius 1 is 1.33 bits per heavy atom. The highest BCUT2D eigenvalue weighted by Crippen LogP contribution is 2.21. The van der Waals surface area contributed by atoms with Crippen LogP contribution in [0.1, 0.15) is 38.2 Å². The first-order valence-electron chi connectivity index (χ1n) is 5.42. The lowest BCUT2D eigenvalue weighted by molar-refractivity contribution is -0.141. The van der Waals surface area contributed by atoms with Crippen molar-refractivity contribution in [2.75, 3.05) is 6.61 Å². The lowest BCUT2D eigenvalue weighted by Gasteiger charge is -2.15. The van der Waals surface area contributed by atoms with Crippen molar-refractivity contribution >= 4 is 5.97 Å². The van der Waals surface area contributed by atoms with E-state index in [1.165, 1.54) is 12.5 Å². The maximum Gasteiger partial charge on any atom is 0.302 e. The molecule has 82 valence electrons. The Bertz CT molecular complexity index is 293. The van der Waals surface area contributed by atoms with Crippen LogP contribution < -0.4 is 0 Å². The smallest absolute Gasteiger partial charge is 0.302 e. The zero-order chi connectivity index (χ0) is 11.1. The summed E-state index contributed by atoms with van der Waals surface area (Å²) in [7, 11) is 0. The molecule has 1 atom stereocenters. The fourth-order valence-corrected chi connectivity index (χ4v) is 1.64. The van der Waals surface area contributed by atoms with E-state index in [-0.39, 0.29) is 5.97 Å². The normalized spacial score (nSPS) is 12.1. The zero-order valence-corrected chi connectivity index (χ0v) is 9.40. The highest BCUT2D eigenvalue weighted by Gasteiger charge is 2.11. The minimum absolute atomic E-state index is 0.202. The van der Waals surface area contributed by atoms with Crippen LogP contribution >= 0.6 is 0 Å². The molecule has 15 heavy (non-hydrogen) atoms. The first-order valence-corrected chi connectivity index (χ1v) is 5.42. The lowest BCUT2D eigenvalue weighted by atomic mass is 9.95. The molecule has 2 nitrogen and oxygen atoms in total. The molecule has 1 aromatic carbocycles. The van der Waals surface area contributed by atoms with Gasteiger partial charge in [-0.2, -0.15) is 0 Å². The molecule has 2 heteroatoms. The van der Waals surface area contributed by atoms with Gasteiger partial charge < -0.3 is 4.74 Å². The van der Waals surface area contributed by atoms with Crippen molar-refractivity contribution in [3.8, 4) is 0 Å². The standard InChI is InChI=1S/C13H18O2/c1-3-7-13(10-15-11(2)14)12-8-5-4-6-9-12/h4-6,8-9,13H,3,7,10H2,1-2H3/t13-/m1/s1. The van der Waals surface area contributed by atoms with Crippen molar-refractivity contribution in [1.82, 2.24) is 0 Å². The van der Waals surface area contributed by atoms with Gasteiger partial charge >= 0.3 is 5.97 Å². The number of benzene rings is 1. The molecule has 0 aliphatic rings. The van der Waals surface area contributed by atoms with Crippen LogP contribution in [0.5, 0.6) is 0 Å². The van der Waals surface area contributed by atoms with E-state index in [2.05, 4.69) is 19.1 Å². The minimum Gasteiger partial charge on any atom is -0.465 e. The molecule has 0 spiro atoms. The molecular weight excluding hydrogens is 188 g/mol. The Hall–Kier alpha value is -1.31. The van der Waals surface area contributed by atoms with E-state index in [1.807, 2.05) is 18.2 Å². The molecule has 0 bridgehead atoms. The van der Waals surface area contributed by atoms with Crippen LogP contribution in [0.4, 0.5) is 0 Å². The van der Waals surface area contributed by atoms with E-state index in [9.17, 15) is 4.79 Å². The van der Waals surface area contributed by atoms with E-state index < -0.39 is 0 Å². The average molecular weight is 206 g/mol. The Balaban J connectivity index is 2.61. The molecule has 0 unspecified atom stereocenters. The highest BCUT2D eigenvalue weighted by atomic mass is 16.5. The maximum atomic E-state index is 10.8. The van der Waals surface area contributed by atoms with Crippen molar-refractivity contribution in [3.63, 3.8) is 0 Å². The Morgan fingerprint density at radius 2 is 2.00 bits per heavy atom. The van der Waals surface area contributed by atoms with Crippen LogP contribution in [0.15, 0.2) is 30.3 Å². The molecule has 1 aromatic rings. The summed E-state index contributed by atoms with van der Waals surface area (Å²) in [6.45, 7) is 4.09. The summed E-state index contributed by atoms with van der Waals surface area (Å²) in [5.74, 6) is 0.132. The molecule has 0 aliphatic carbocycles. The number of rotatable bonds is 5. The van der Waals surface area contributed by atoms with Crippen molar-refractivity contribution < 1.29 is 9.53 Å². The quantitative estimate of drug-likeness (QED) is 0.692. The molecule has 0 aromatic heterocycles. The van der Waals surface area contributed by atoms with Gasteiger partial charge in [0.25, 0.3) is 0 Å². The number of hydrogen-bond acceptors (Lipinski definition) is 2. The second-order valence-corrected chi connectivity index (χ2v) is 3.70. The second-order valence-electron chi connectivity index (χ2n) is 3.70. The molecule has 0 N–H and O–H groups in total. The Morgan fingerprint density at radius 3 is 2.53 bits per heavy atom. The van der Waals surface area contributed by atoms with Crippen molar-refractivity contribution in [3.05, 3.63) is 35.9 Å². The van der Waals surface area contributed by atoms with Gasteiger partial charge in [-0.05, 0) is 12.0 Å². The van der Waals surface area contributed by atoms with E-state index in [0.29, 0.717) is 12.5 Å². The van der Waals surface area contributed by atoms with Crippen LogP contribution in [0.25, 0.3) is 0 Å². The molecule has 0 aliphatic heterocycles. The largest absolute Gasteiger partial charge is 0.465 e. The zero-order valence-electron chi connectivity index (χ0n) is 9.40. The van der Waals surface area contributed by atoms with Gasteiger partial charge in [-0.15, -0.1) is 0 Å². The highest BCUT2D eigenvalue weighted by molar-refractivity contribution is 5.65. The molecule has 0 saturated heterocycles. The Labute approximate surface area is 91.3 Å². The fraction of sp³-hybridized carbons (Fsp3) is 0.462. The topological polar surface area (TPSA) is 26.3 Å². The third-order valence-corrected chi connectivity index (χ3v) is 2.40. The van der Waals surface area contributed by atoms with Gasteiger partial charge in [-0.1, -0.05) is 43.7 Å². The molecule has 0 radical (unpaired) electrons. The van der Waals surface area contributed by atoms with E-state index >= 15 is 0 Å². The van der Waals surface area contributed by atoms with Crippen LogP contribution in [-0.2, 0) is 9.53 Å². The lowest BCUT2D eigenvalue weighted by Crippen LogP contribution is -2.10. The van der Waals surface area contributed by atoms with Gasteiger partial charge in [-0.25, -0.2) is 0 Å². The molecule has 0 heterocycles. The summed E-state index contributed by atoms with van der Waals surface area (Å²) in [6.07, 6.45) is 2.15. The first-order chi connectivity index (χ1) is 7.24. The molecular formula is C13H18O2. The summed E-state index contributed by atoms with van der Waals surface area (Å²) < 4.78 is 5.07. The van der Waals surface area contributed by atoms with Crippen LogP contribution in [0.2, 0.25) is 0 Å². The SMILES string of the molecule is CCC[C@H](COC(C)=O)c1ccccc1. The molecule has 1 rings (SSSR count). The predicted octanol–water partition coefficient (Wildman–Crippen LogP) is 3.13. The van der Waals surface area contributed by atoms with Gasteiger partial charge in [0, 0.05) is 12.8 Å². The summed E-state index contributed by atoms with van der Waals surface area (Å²) in [5.41, 5.74) is 1.25. The monoisotopic (exact) mass is 206 g/mol. The second kappa shape index (κ2) is 6.23. The fourth-order valence-electron chi connectivity index (χ4n) is 1.64. The average Bonchev–Trinajstić information content (AvgIpc) is 2.25. The summed E-state index contributed by atoms with van der Waals surface area (Å²) in [6, 6.07) is 10.2. The Kier molecular flexibility index (Phi) is 4.88. The van der Waals surface area contributed by atoms with E-state index in [0.717, 1.165) is 12.8 Å². The van der Waals surface area contributed by atoms with Gasteiger partial charge in [-0.3, -0.25) is 4.79 Å². The number of hydrogen-bond donors (Lipinski definition) is 0. The predicted molar refractivity (Wildman–Crippen MR) is 60.7 cm³/mol. The summed E-state index contributed by atoms with van der Waals surface area (Å²) >= 11 is 0. The van der Waals surface area contributed by atoms with Crippen molar-refractivity contribution in [1.29, 1.82) is 0 Å². The van der Waals surface area contributed by atoms with Gasteiger partial charge in [0.1, 0.15) is 0 Å². The van der Waals surface area contributed by atoms with Gasteiger partial charge in [0.2, 0.25) is 0 Å². The van der Waals surface area contributed by atoms with Gasteiger partial charge in [0.15, 0.2) is 0 Å². The molecule has 0 saturated carbocycles. The van der Waals surface area contributed by atoms with Crippen LogP contribution in [0, 0.1) is 0 Å². The third-order valence-electron chi connectivity index (χ3n) is 2.40. The first kappa shape index (κ1) is 11.8. The number of carbonyl (C=O) groups excluding carboxylic acids is 1. The molecule has 0 amide bonds. The van der Waals surface area contributed by atoms with E-state index in [1.54, 1.807) is 0 Å². The van der Waals surface area contributed by atoms with Crippen LogP contribution in [0.3, 0.4) is 0 Å². The van der Waals surface area contributed by atoms with Crippen molar-refractivity contribution in [2.45, 2.75) is 32.6 Å². The minimum atomic E-state index is -0.202. The summed E-state index contributed by atoms with van der Waals surface area (Å²) in [5, 5.41) is 0. The van der Waals surface area contributed by atoms with E-state index in [4.69, 9.17) is 4.74 Å². The maximum absolute atomic E-state index is 10.8. The van der Waals surface area contributed by atoms with Gasteiger partial charge in [0.05, 0.1) is 6.61 Å². The van der Waals surface area contributed by atoms with Crippen molar-refractivity contribution in [2.24, 2.45) is 0 Å². The number of esters is 1. The third kappa shape index (κ3) is 4.15. The number of ether oxygens (including phenoxy) is 1.